The van der Waals surface area contributed by atoms with Crippen molar-refractivity contribution in [3.63, 3.8) is 0 Å². The van der Waals surface area contributed by atoms with Gasteiger partial charge in [0.2, 0.25) is 0 Å². The normalized spacial score (nSPS) is 31.2. The number of hydrogen-bond donors (Lipinski definition) is 1. The first-order chi connectivity index (χ1) is 7.70. The topological polar surface area (TPSA) is 59.4 Å². The number of likely N-dealkylation sites (tertiary alicyclic amines) is 1. The fourth-order valence-corrected chi connectivity index (χ4v) is 2.64. The number of carbonyl (C=O) groups is 1. The highest BCUT2D eigenvalue weighted by Gasteiger charge is 2.35. The molecule has 0 saturated carbocycles. The van der Waals surface area contributed by atoms with E-state index >= 15 is 0 Å². The number of urea groups is 1. The third-order valence-corrected chi connectivity index (χ3v) is 3.50. The lowest BCUT2D eigenvalue weighted by Crippen LogP contribution is -2.43. The minimum Gasteiger partial charge on any atom is -0.333 e. The number of carbonyl (C=O) groups excluding carboxylic acids is 1. The van der Waals surface area contributed by atoms with Gasteiger partial charge in [0.25, 0.3) is 0 Å². The zero-order valence-electron chi connectivity index (χ0n) is 9.65. The van der Waals surface area contributed by atoms with Crippen molar-refractivity contribution in [3.8, 4) is 6.07 Å². The van der Waals surface area contributed by atoms with E-state index in [2.05, 4.69) is 17.3 Å². The van der Waals surface area contributed by atoms with Gasteiger partial charge in [-0.05, 0) is 32.4 Å². The number of piperidine rings is 1. The summed E-state index contributed by atoms with van der Waals surface area (Å²) in [6.45, 7) is 3.08. The summed E-state index contributed by atoms with van der Waals surface area (Å²) < 4.78 is 0. The second-order valence-electron chi connectivity index (χ2n) is 4.76. The fourth-order valence-electron chi connectivity index (χ4n) is 2.64. The van der Waals surface area contributed by atoms with E-state index in [1.165, 1.54) is 12.8 Å². The summed E-state index contributed by atoms with van der Waals surface area (Å²) in [6, 6.07) is 2.17. The number of amides is 2. The first-order valence-corrected chi connectivity index (χ1v) is 5.81. The van der Waals surface area contributed by atoms with Crippen molar-refractivity contribution in [1.82, 2.24) is 15.1 Å². The first-order valence-electron chi connectivity index (χ1n) is 5.81. The van der Waals surface area contributed by atoms with Crippen LogP contribution in [0.1, 0.15) is 12.8 Å². The summed E-state index contributed by atoms with van der Waals surface area (Å²) in [4.78, 5) is 15.5. The molecule has 0 bridgehead atoms. The van der Waals surface area contributed by atoms with E-state index in [4.69, 9.17) is 5.26 Å². The number of hydrogen-bond acceptors (Lipinski definition) is 3. The fraction of sp³-hybridized carbons (Fsp3) is 0.818. The lowest BCUT2D eigenvalue weighted by atomic mass is 9.91. The van der Waals surface area contributed by atoms with Gasteiger partial charge >= 0.3 is 6.03 Å². The van der Waals surface area contributed by atoms with Crippen LogP contribution in [0.4, 0.5) is 4.79 Å². The number of nitriles is 1. The molecular formula is C11H18N4O. The Morgan fingerprint density at radius 1 is 1.56 bits per heavy atom. The molecular weight excluding hydrogens is 204 g/mol. The zero-order valence-corrected chi connectivity index (χ0v) is 9.65. The highest BCUT2D eigenvalue weighted by molar-refractivity contribution is 5.77. The van der Waals surface area contributed by atoms with Crippen LogP contribution in [0.15, 0.2) is 0 Å². The summed E-state index contributed by atoms with van der Waals surface area (Å²) in [5.41, 5.74) is 0. The van der Waals surface area contributed by atoms with E-state index < -0.39 is 0 Å². The summed E-state index contributed by atoms with van der Waals surface area (Å²) in [6.07, 6.45) is 2.38. The minimum absolute atomic E-state index is 0.0835. The quantitative estimate of drug-likeness (QED) is 0.681. The molecule has 2 fully saturated rings. The van der Waals surface area contributed by atoms with Crippen LogP contribution >= 0.6 is 0 Å². The van der Waals surface area contributed by atoms with Crippen molar-refractivity contribution in [2.75, 3.05) is 33.2 Å². The van der Waals surface area contributed by atoms with Crippen LogP contribution in [-0.2, 0) is 0 Å². The predicted octanol–water partition coefficient (Wildman–Crippen LogP) is 0.246. The average Bonchev–Trinajstić information content (AvgIpc) is 2.61. The van der Waals surface area contributed by atoms with Crippen molar-refractivity contribution in [2.45, 2.75) is 18.9 Å². The third kappa shape index (κ3) is 2.27. The van der Waals surface area contributed by atoms with Gasteiger partial charge in [0.15, 0.2) is 0 Å². The Balaban J connectivity index is 1.92. The van der Waals surface area contributed by atoms with Gasteiger partial charge in [-0.2, -0.15) is 5.26 Å². The van der Waals surface area contributed by atoms with Crippen LogP contribution in [0.2, 0.25) is 0 Å². The van der Waals surface area contributed by atoms with E-state index in [1.807, 2.05) is 6.07 Å². The Bertz CT molecular complexity index is 312. The van der Waals surface area contributed by atoms with Crippen molar-refractivity contribution in [1.29, 1.82) is 5.26 Å². The van der Waals surface area contributed by atoms with Gasteiger partial charge in [0.1, 0.15) is 6.54 Å². The van der Waals surface area contributed by atoms with Gasteiger partial charge < -0.3 is 15.1 Å². The Kier molecular flexibility index (Phi) is 3.30. The molecule has 2 atom stereocenters. The predicted molar refractivity (Wildman–Crippen MR) is 59.7 cm³/mol. The molecule has 2 unspecified atom stereocenters. The lowest BCUT2D eigenvalue weighted by molar-refractivity contribution is 0.181. The van der Waals surface area contributed by atoms with Crippen molar-refractivity contribution < 1.29 is 4.79 Å². The molecule has 0 spiro atoms. The maximum atomic E-state index is 11.5. The smallest absolute Gasteiger partial charge is 0.318 e. The third-order valence-electron chi connectivity index (χ3n) is 3.50. The molecule has 16 heavy (non-hydrogen) atoms. The maximum Gasteiger partial charge on any atom is 0.318 e. The molecule has 0 aromatic rings. The van der Waals surface area contributed by atoms with Crippen LogP contribution in [-0.4, -0.2) is 55.1 Å². The second-order valence-corrected chi connectivity index (χ2v) is 4.76. The molecule has 2 aliphatic rings. The standard InChI is InChI=1S/C11H18N4O/c1-14-5-2-3-9(7-14)10-8-15(6-4-12)11(16)13-10/h9-10H,2-3,5-8H2,1H3,(H,13,16). The largest absolute Gasteiger partial charge is 0.333 e. The van der Waals surface area contributed by atoms with Gasteiger partial charge in [-0.1, -0.05) is 0 Å². The molecule has 2 rings (SSSR count). The molecule has 0 aliphatic carbocycles. The average molecular weight is 222 g/mol. The molecule has 5 nitrogen and oxygen atoms in total. The van der Waals surface area contributed by atoms with Crippen LogP contribution in [0.3, 0.4) is 0 Å². The highest BCUT2D eigenvalue weighted by Crippen LogP contribution is 2.22. The van der Waals surface area contributed by atoms with Crippen LogP contribution in [0, 0.1) is 17.2 Å². The Hall–Kier alpha value is -1.28. The summed E-state index contributed by atoms with van der Waals surface area (Å²) in [7, 11) is 2.12. The Labute approximate surface area is 96.0 Å². The highest BCUT2D eigenvalue weighted by atomic mass is 16.2. The Morgan fingerprint density at radius 2 is 2.38 bits per heavy atom. The van der Waals surface area contributed by atoms with Gasteiger partial charge in [-0.25, -0.2) is 4.79 Å². The lowest BCUT2D eigenvalue weighted by Gasteiger charge is -2.32. The van der Waals surface area contributed by atoms with E-state index in [0.717, 1.165) is 13.1 Å². The molecule has 0 aromatic carbocycles. The van der Waals surface area contributed by atoms with Gasteiger partial charge in [-0.3, -0.25) is 0 Å². The molecule has 0 radical (unpaired) electrons. The number of nitrogens with one attached hydrogen (secondary N) is 1. The van der Waals surface area contributed by atoms with Gasteiger partial charge in [0, 0.05) is 13.1 Å². The SMILES string of the molecule is CN1CCCC(C2CN(CC#N)C(=O)N2)C1. The maximum absolute atomic E-state index is 11.5. The minimum atomic E-state index is -0.0835. The van der Waals surface area contributed by atoms with Gasteiger partial charge in [0.05, 0.1) is 12.1 Å². The molecule has 0 aromatic heterocycles. The summed E-state index contributed by atoms with van der Waals surface area (Å²) >= 11 is 0. The molecule has 5 heteroatoms. The molecule has 2 aliphatic heterocycles. The van der Waals surface area contributed by atoms with E-state index in [-0.39, 0.29) is 18.6 Å². The van der Waals surface area contributed by atoms with Crippen molar-refractivity contribution >= 4 is 6.03 Å². The Morgan fingerprint density at radius 3 is 3.06 bits per heavy atom. The van der Waals surface area contributed by atoms with Crippen molar-refractivity contribution in [3.05, 3.63) is 0 Å². The molecule has 2 heterocycles. The first kappa shape index (κ1) is 11.2. The molecule has 2 saturated heterocycles. The van der Waals surface area contributed by atoms with E-state index in [0.29, 0.717) is 12.5 Å². The number of nitrogens with zero attached hydrogens (tertiary/aromatic N) is 3. The van der Waals surface area contributed by atoms with Gasteiger partial charge in [-0.15, -0.1) is 0 Å². The second kappa shape index (κ2) is 4.71. The van der Waals surface area contributed by atoms with Crippen molar-refractivity contribution in [2.24, 2.45) is 5.92 Å². The molecule has 1 N–H and O–H groups in total. The van der Waals surface area contributed by atoms with Crippen LogP contribution in [0.25, 0.3) is 0 Å². The monoisotopic (exact) mass is 222 g/mol. The molecule has 88 valence electrons. The van der Waals surface area contributed by atoms with E-state index in [1.54, 1.807) is 4.90 Å². The van der Waals surface area contributed by atoms with E-state index in [9.17, 15) is 4.79 Å². The summed E-state index contributed by atoms with van der Waals surface area (Å²) in [5, 5.41) is 11.6. The van der Waals surface area contributed by atoms with Crippen LogP contribution in [0.5, 0.6) is 0 Å². The molecule has 2 amide bonds. The summed E-state index contributed by atoms with van der Waals surface area (Å²) in [5.74, 6) is 0.534. The number of rotatable bonds is 2. The van der Waals surface area contributed by atoms with Crippen LogP contribution < -0.4 is 5.32 Å². The zero-order chi connectivity index (χ0) is 11.5.